The summed E-state index contributed by atoms with van der Waals surface area (Å²) >= 11 is 6.01. The van der Waals surface area contributed by atoms with Crippen molar-refractivity contribution < 1.29 is 14.4 Å². The lowest BCUT2D eigenvalue weighted by Gasteiger charge is -2.19. The number of rotatable bonds is 5. The van der Waals surface area contributed by atoms with Gasteiger partial charge in [-0.2, -0.15) is 5.10 Å². The highest BCUT2D eigenvalue weighted by Gasteiger charge is 2.17. The molecule has 0 spiro atoms. The summed E-state index contributed by atoms with van der Waals surface area (Å²) in [6.45, 7) is 3.35. The van der Waals surface area contributed by atoms with Crippen LogP contribution >= 0.6 is 11.6 Å². The van der Waals surface area contributed by atoms with Crippen LogP contribution in [-0.2, 0) is 27.2 Å². The number of anilines is 2. The normalized spacial score (nSPS) is 13.2. The van der Waals surface area contributed by atoms with Crippen LogP contribution in [0.5, 0.6) is 0 Å². The van der Waals surface area contributed by atoms with E-state index in [1.807, 2.05) is 12.1 Å². The van der Waals surface area contributed by atoms with Crippen molar-refractivity contribution in [1.82, 2.24) is 5.43 Å². The third-order valence-electron chi connectivity index (χ3n) is 5.16. The minimum absolute atomic E-state index is 0.00102. The van der Waals surface area contributed by atoms with Gasteiger partial charge in [-0.25, -0.2) is 5.43 Å². The van der Waals surface area contributed by atoms with Crippen LogP contribution in [0.25, 0.3) is 0 Å². The Bertz CT molecular complexity index is 1050. The number of halogens is 1. The van der Waals surface area contributed by atoms with Gasteiger partial charge in [-0.05, 0) is 74.4 Å². The van der Waals surface area contributed by atoms with Gasteiger partial charge in [0.15, 0.2) is 0 Å². The summed E-state index contributed by atoms with van der Waals surface area (Å²) in [5.41, 5.74) is 6.96. The SMILES string of the molecule is C/C(CC(=O)Nc1cccc2c1CCCC2)=N/NC(=O)C(=O)Nc1cccc(Cl)c1C. The molecule has 0 fully saturated rings. The highest BCUT2D eigenvalue weighted by Crippen LogP contribution is 2.28. The minimum Gasteiger partial charge on any atom is -0.325 e. The lowest BCUT2D eigenvalue weighted by Crippen LogP contribution is -2.33. The molecule has 8 heteroatoms. The molecule has 0 radical (unpaired) electrons. The quantitative estimate of drug-likeness (QED) is 0.372. The van der Waals surface area contributed by atoms with Crippen molar-refractivity contribution in [3.8, 4) is 0 Å². The number of carbonyl (C=O) groups excluding carboxylic acids is 3. The molecule has 0 saturated carbocycles. The maximum absolute atomic E-state index is 12.4. The van der Waals surface area contributed by atoms with Crippen LogP contribution in [0.3, 0.4) is 0 Å². The summed E-state index contributed by atoms with van der Waals surface area (Å²) in [7, 11) is 0. The largest absolute Gasteiger partial charge is 0.329 e. The topological polar surface area (TPSA) is 99.7 Å². The summed E-state index contributed by atoms with van der Waals surface area (Å²) < 4.78 is 0. The Morgan fingerprint density at radius 3 is 2.48 bits per heavy atom. The second-order valence-corrected chi connectivity index (χ2v) is 7.94. The zero-order chi connectivity index (χ0) is 22.4. The Morgan fingerprint density at radius 1 is 0.968 bits per heavy atom. The first kappa shape index (κ1) is 22.5. The van der Waals surface area contributed by atoms with Crippen LogP contribution in [0.2, 0.25) is 5.02 Å². The molecule has 3 rings (SSSR count). The third kappa shape index (κ3) is 5.92. The number of benzene rings is 2. The highest BCUT2D eigenvalue weighted by molar-refractivity contribution is 6.40. The summed E-state index contributed by atoms with van der Waals surface area (Å²) in [5.74, 6) is -2.04. The van der Waals surface area contributed by atoms with E-state index in [1.165, 1.54) is 17.5 Å². The zero-order valence-electron chi connectivity index (χ0n) is 17.5. The Kier molecular flexibility index (Phi) is 7.41. The molecule has 0 aromatic heterocycles. The van der Waals surface area contributed by atoms with Crippen LogP contribution in [0.4, 0.5) is 11.4 Å². The van der Waals surface area contributed by atoms with E-state index in [1.54, 1.807) is 32.0 Å². The fourth-order valence-corrected chi connectivity index (χ4v) is 3.66. The van der Waals surface area contributed by atoms with Gasteiger partial charge in [0.05, 0.1) is 6.42 Å². The van der Waals surface area contributed by atoms with Gasteiger partial charge in [0.25, 0.3) is 0 Å². The first-order valence-electron chi connectivity index (χ1n) is 10.2. The Labute approximate surface area is 186 Å². The predicted octanol–water partition coefficient (Wildman–Crippen LogP) is 3.99. The van der Waals surface area contributed by atoms with Crippen LogP contribution in [-0.4, -0.2) is 23.4 Å². The second kappa shape index (κ2) is 10.2. The average Bonchev–Trinajstić information content (AvgIpc) is 2.75. The number of carbonyl (C=O) groups is 3. The van der Waals surface area contributed by atoms with Gasteiger partial charge in [-0.15, -0.1) is 0 Å². The van der Waals surface area contributed by atoms with Crippen LogP contribution in [0, 0.1) is 6.92 Å². The van der Waals surface area contributed by atoms with Gasteiger partial charge >= 0.3 is 11.8 Å². The number of aryl methyl sites for hydroxylation is 1. The number of nitrogens with one attached hydrogen (secondary N) is 3. The molecule has 0 aliphatic heterocycles. The molecular weight excluding hydrogens is 416 g/mol. The number of hydrogen-bond donors (Lipinski definition) is 3. The molecule has 3 amide bonds. The molecular formula is C23H25ClN4O3. The lowest BCUT2D eigenvalue weighted by atomic mass is 9.90. The van der Waals surface area contributed by atoms with Crippen molar-refractivity contribution in [3.63, 3.8) is 0 Å². The van der Waals surface area contributed by atoms with Crippen molar-refractivity contribution in [2.75, 3.05) is 10.6 Å². The van der Waals surface area contributed by atoms with E-state index in [9.17, 15) is 14.4 Å². The second-order valence-electron chi connectivity index (χ2n) is 7.53. The molecule has 0 heterocycles. The van der Waals surface area contributed by atoms with Gasteiger partial charge in [-0.1, -0.05) is 29.8 Å². The first-order chi connectivity index (χ1) is 14.8. The zero-order valence-corrected chi connectivity index (χ0v) is 18.3. The van der Waals surface area contributed by atoms with Crippen LogP contribution in [0.1, 0.15) is 42.9 Å². The van der Waals surface area contributed by atoms with E-state index in [4.69, 9.17) is 11.6 Å². The number of fused-ring (bicyclic) bond motifs is 1. The predicted molar refractivity (Wildman–Crippen MR) is 122 cm³/mol. The van der Waals surface area contributed by atoms with Gasteiger partial charge in [0.2, 0.25) is 5.91 Å². The van der Waals surface area contributed by atoms with Crippen LogP contribution in [0.15, 0.2) is 41.5 Å². The average molecular weight is 441 g/mol. The summed E-state index contributed by atoms with van der Waals surface area (Å²) in [6, 6.07) is 11.0. The smallest absolute Gasteiger partial charge is 0.325 e. The fraction of sp³-hybridized carbons (Fsp3) is 0.304. The molecule has 0 unspecified atom stereocenters. The third-order valence-corrected chi connectivity index (χ3v) is 5.57. The fourth-order valence-electron chi connectivity index (χ4n) is 3.48. The molecule has 1 aliphatic rings. The molecule has 0 bridgehead atoms. The molecule has 1 aliphatic carbocycles. The molecule has 162 valence electrons. The number of hydrazone groups is 1. The summed E-state index contributed by atoms with van der Waals surface area (Å²) in [4.78, 5) is 36.5. The lowest BCUT2D eigenvalue weighted by molar-refractivity contribution is -0.136. The Balaban J connectivity index is 1.53. The molecule has 3 N–H and O–H groups in total. The van der Waals surface area contributed by atoms with Gasteiger partial charge in [-0.3, -0.25) is 14.4 Å². The Hall–Kier alpha value is -3.19. The van der Waals surface area contributed by atoms with Crippen molar-refractivity contribution in [2.45, 2.75) is 46.0 Å². The minimum atomic E-state index is -0.934. The van der Waals surface area contributed by atoms with Crippen molar-refractivity contribution in [3.05, 3.63) is 58.1 Å². The van der Waals surface area contributed by atoms with E-state index >= 15 is 0 Å². The molecule has 0 atom stereocenters. The van der Waals surface area contributed by atoms with E-state index in [2.05, 4.69) is 27.2 Å². The number of amides is 3. The monoisotopic (exact) mass is 440 g/mol. The summed E-state index contributed by atoms with van der Waals surface area (Å²) in [6.07, 6.45) is 4.26. The van der Waals surface area contributed by atoms with E-state index in [0.29, 0.717) is 22.0 Å². The van der Waals surface area contributed by atoms with Crippen molar-refractivity contribution >= 4 is 46.4 Å². The van der Waals surface area contributed by atoms with Gasteiger partial charge in [0.1, 0.15) is 0 Å². The van der Waals surface area contributed by atoms with Crippen molar-refractivity contribution in [2.24, 2.45) is 5.10 Å². The number of hydrogen-bond acceptors (Lipinski definition) is 4. The molecule has 2 aromatic carbocycles. The van der Waals surface area contributed by atoms with E-state index in [-0.39, 0.29) is 12.3 Å². The molecule has 31 heavy (non-hydrogen) atoms. The molecule has 7 nitrogen and oxygen atoms in total. The maximum Gasteiger partial charge on any atom is 0.329 e. The molecule has 0 saturated heterocycles. The maximum atomic E-state index is 12.4. The highest BCUT2D eigenvalue weighted by atomic mass is 35.5. The summed E-state index contributed by atoms with van der Waals surface area (Å²) in [5, 5.41) is 9.77. The van der Waals surface area contributed by atoms with E-state index in [0.717, 1.165) is 24.9 Å². The van der Waals surface area contributed by atoms with E-state index < -0.39 is 11.8 Å². The first-order valence-corrected chi connectivity index (χ1v) is 10.5. The molecule has 2 aromatic rings. The standard InChI is InChI=1S/C23H25ClN4O3/c1-14(13-21(29)25-20-12-5-8-16-7-3-4-9-17(16)20)27-28-23(31)22(30)26-19-11-6-10-18(24)15(19)2/h5-6,8,10-12H,3-4,7,9,13H2,1-2H3,(H,25,29)(H,26,30)(H,28,31)/b27-14-. The van der Waals surface area contributed by atoms with Gasteiger partial charge < -0.3 is 10.6 Å². The Morgan fingerprint density at radius 2 is 1.68 bits per heavy atom. The number of nitrogens with zero attached hydrogens (tertiary/aromatic N) is 1. The van der Waals surface area contributed by atoms with Crippen LogP contribution < -0.4 is 16.1 Å². The van der Waals surface area contributed by atoms with Crippen molar-refractivity contribution in [1.29, 1.82) is 0 Å². The van der Waals surface area contributed by atoms with Gasteiger partial charge in [0, 0.05) is 22.1 Å².